The second-order valence-corrected chi connectivity index (χ2v) is 7.17. The minimum absolute atomic E-state index is 0.267. The van der Waals surface area contributed by atoms with E-state index in [0.29, 0.717) is 31.8 Å². The van der Waals surface area contributed by atoms with Crippen LogP contribution in [0.25, 0.3) is 0 Å². The molecule has 5 nitrogen and oxygen atoms in total. The quantitative estimate of drug-likeness (QED) is 0.787. The van der Waals surface area contributed by atoms with E-state index in [0.717, 1.165) is 0 Å². The van der Waals surface area contributed by atoms with Crippen LogP contribution in [0.5, 0.6) is 0 Å². The van der Waals surface area contributed by atoms with E-state index in [9.17, 15) is 22.0 Å². The fourth-order valence-corrected chi connectivity index (χ4v) is 2.99. The lowest BCUT2D eigenvalue weighted by molar-refractivity contribution is 0.0705. The summed E-state index contributed by atoms with van der Waals surface area (Å²) in [6.45, 7) is 0.759. The van der Waals surface area contributed by atoms with Crippen molar-refractivity contribution in [1.29, 1.82) is 0 Å². The van der Waals surface area contributed by atoms with Crippen molar-refractivity contribution in [2.75, 3.05) is 20.3 Å². The van der Waals surface area contributed by atoms with Crippen molar-refractivity contribution < 1.29 is 26.7 Å². The highest BCUT2D eigenvalue weighted by Gasteiger charge is 2.30. The number of nitrogens with zero attached hydrogens (tertiary/aromatic N) is 1. The molecule has 2 rings (SSSR count). The summed E-state index contributed by atoms with van der Waals surface area (Å²) in [5.41, 5.74) is -0.677. The highest BCUT2D eigenvalue weighted by Crippen LogP contribution is 2.25. The van der Waals surface area contributed by atoms with Crippen LogP contribution >= 0.6 is 10.7 Å². The van der Waals surface area contributed by atoms with E-state index in [1.165, 1.54) is 11.9 Å². The first-order valence-electron chi connectivity index (χ1n) is 6.00. The minimum atomic E-state index is -4.49. The maximum absolute atomic E-state index is 14.1. The lowest BCUT2D eigenvalue weighted by Crippen LogP contribution is -2.38. The third kappa shape index (κ3) is 3.33. The number of benzene rings is 1. The van der Waals surface area contributed by atoms with Gasteiger partial charge in [0.05, 0.1) is 18.2 Å². The largest absolute Gasteiger partial charge is 0.379 e. The Hall–Kier alpha value is -1.25. The van der Waals surface area contributed by atoms with Crippen molar-refractivity contribution in [2.24, 2.45) is 0 Å². The minimum Gasteiger partial charge on any atom is -0.379 e. The van der Waals surface area contributed by atoms with Gasteiger partial charge in [0.1, 0.15) is 10.7 Å². The zero-order valence-corrected chi connectivity index (χ0v) is 12.5. The van der Waals surface area contributed by atoms with Crippen LogP contribution < -0.4 is 0 Å². The predicted octanol–water partition coefficient (Wildman–Crippen LogP) is 1.75. The molecular weight excluding hydrogens is 328 g/mol. The first-order chi connectivity index (χ1) is 9.71. The van der Waals surface area contributed by atoms with E-state index in [2.05, 4.69) is 0 Å². The van der Waals surface area contributed by atoms with Gasteiger partial charge in [0.25, 0.3) is 15.0 Å². The Morgan fingerprint density at radius 2 is 2.10 bits per heavy atom. The molecule has 1 aliphatic rings. The van der Waals surface area contributed by atoms with Crippen LogP contribution in [0.3, 0.4) is 0 Å². The normalized spacial score (nSPS) is 18.8. The number of likely N-dealkylation sites (N-methyl/N-ethyl adjacent to an activating group) is 1. The third-order valence-electron chi connectivity index (χ3n) is 3.27. The van der Waals surface area contributed by atoms with Crippen molar-refractivity contribution in [3.63, 3.8) is 0 Å². The monoisotopic (exact) mass is 339 g/mol. The summed E-state index contributed by atoms with van der Waals surface area (Å²) in [4.78, 5) is 12.4. The van der Waals surface area contributed by atoms with Gasteiger partial charge in [-0.15, -0.1) is 0 Å². The molecule has 116 valence electrons. The molecule has 0 aliphatic carbocycles. The van der Waals surface area contributed by atoms with Gasteiger partial charge in [0.15, 0.2) is 5.82 Å². The highest BCUT2D eigenvalue weighted by molar-refractivity contribution is 8.13. The fourth-order valence-electron chi connectivity index (χ4n) is 2.08. The number of carbonyl (C=O) groups excluding carboxylic acids is 1. The van der Waals surface area contributed by atoms with E-state index >= 15 is 0 Å². The topological polar surface area (TPSA) is 63.7 Å². The highest BCUT2D eigenvalue weighted by atomic mass is 35.7. The van der Waals surface area contributed by atoms with Crippen molar-refractivity contribution in [3.8, 4) is 0 Å². The van der Waals surface area contributed by atoms with E-state index in [1.54, 1.807) is 0 Å². The Morgan fingerprint density at radius 3 is 2.62 bits per heavy atom. The Morgan fingerprint density at radius 1 is 1.43 bits per heavy atom. The molecule has 9 heteroatoms. The molecule has 0 bridgehead atoms. The number of ether oxygens (including phenoxy) is 1. The van der Waals surface area contributed by atoms with E-state index in [1.807, 2.05) is 0 Å². The lowest BCUT2D eigenvalue weighted by atomic mass is 10.1. The van der Waals surface area contributed by atoms with Crippen LogP contribution in [0.2, 0.25) is 0 Å². The Bertz CT molecular complexity index is 674. The van der Waals surface area contributed by atoms with Crippen LogP contribution in [0.4, 0.5) is 8.78 Å². The Kier molecular flexibility index (Phi) is 4.50. The lowest BCUT2D eigenvalue weighted by Gasteiger charge is -2.23. The van der Waals surface area contributed by atoms with E-state index < -0.39 is 37.1 Å². The molecule has 0 N–H and O–H groups in total. The standard InChI is InChI=1S/C12H12ClF2NO4S/c1-16(8-2-3-20-6-8)12(17)9-4-7(14)5-10(11(9)15)21(13,18)19/h4-5,8H,2-3,6H2,1H3. The number of amides is 1. The zero-order chi connectivity index (χ0) is 15.8. The molecule has 1 aromatic rings. The summed E-state index contributed by atoms with van der Waals surface area (Å²) < 4.78 is 55.1. The molecule has 0 aromatic heterocycles. The SMILES string of the molecule is CN(C(=O)c1cc(F)cc(S(=O)(=O)Cl)c1F)C1CCOC1. The summed E-state index contributed by atoms with van der Waals surface area (Å²) >= 11 is 0. The predicted molar refractivity (Wildman–Crippen MR) is 70.7 cm³/mol. The molecule has 1 atom stereocenters. The van der Waals surface area contributed by atoms with Crippen molar-refractivity contribution in [1.82, 2.24) is 4.90 Å². The first-order valence-corrected chi connectivity index (χ1v) is 8.31. The van der Waals surface area contributed by atoms with Gasteiger partial charge in [0.2, 0.25) is 0 Å². The average Bonchev–Trinajstić information content (AvgIpc) is 2.92. The molecule has 1 saturated heterocycles. The summed E-state index contributed by atoms with van der Waals surface area (Å²) in [6.07, 6.45) is 0.569. The molecule has 1 aliphatic heterocycles. The fraction of sp³-hybridized carbons (Fsp3) is 0.417. The van der Waals surface area contributed by atoms with Gasteiger partial charge in [-0.25, -0.2) is 17.2 Å². The molecule has 1 fully saturated rings. The molecule has 1 heterocycles. The van der Waals surface area contributed by atoms with Crippen molar-refractivity contribution >= 4 is 25.6 Å². The van der Waals surface area contributed by atoms with Gasteiger partial charge in [-0.2, -0.15) is 0 Å². The second kappa shape index (κ2) is 5.86. The molecule has 0 spiro atoms. The van der Waals surface area contributed by atoms with Crippen LogP contribution in [-0.2, 0) is 13.8 Å². The Balaban J connectivity index is 2.44. The molecule has 1 aromatic carbocycles. The first kappa shape index (κ1) is 16.1. The molecular formula is C12H12ClF2NO4S. The van der Waals surface area contributed by atoms with Crippen molar-refractivity contribution in [3.05, 3.63) is 29.3 Å². The summed E-state index contributed by atoms with van der Waals surface area (Å²) in [5, 5.41) is 0. The third-order valence-corrected chi connectivity index (χ3v) is 4.59. The van der Waals surface area contributed by atoms with Crippen molar-refractivity contribution in [2.45, 2.75) is 17.4 Å². The van der Waals surface area contributed by atoms with Gasteiger partial charge < -0.3 is 9.64 Å². The number of hydrogen-bond donors (Lipinski definition) is 0. The van der Waals surface area contributed by atoms with Gasteiger partial charge in [-0.1, -0.05) is 0 Å². The van der Waals surface area contributed by atoms with Gasteiger partial charge >= 0.3 is 0 Å². The maximum atomic E-state index is 14.1. The molecule has 0 radical (unpaired) electrons. The summed E-state index contributed by atoms with van der Waals surface area (Å²) in [7, 11) is 1.96. The second-order valence-electron chi connectivity index (χ2n) is 4.64. The zero-order valence-electron chi connectivity index (χ0n) is 11.0. The number of carbonyl (C=O) groups is 1. The van der Waals surface area contributed by atoms with E-state index in [-0.39, 0.29) is 6.04 Å². The van der Waals surface area contributed by atoms with Gasteiger partial charge in [0, 0.05) is 24.3 Å². The summed E-state index contributed by atoms with van der Waals surface area (Å²) in [6, 6.07) is 0.819. The smallest absolute Gasteiger partial charge is 0.264 e. The van der Waals surface area contributed by atoms with Crippen LogP contribution in [-0.4, -0.2) is 45.5 Å². The molecule has 1 unspecified atom stereocenters. The Labute approximate surface area is 124 Å². The van der Waals surface area contributed by atoms with Gasteiger partial charge in [-0.05, 0) is 18.6 Å². The van der Waals surface area contributed by atoms with Crippen LogP contribution in [0.15, 0.2) is 17.0 Å². The molecule has 0 saturated carbocycles. The van der Waals surface area contributed by atoms with E-state index in [4.69, 9.17) is 15.4 Å². The van der Waals surface area contributed by atoms with Crippen LogP contribution in [0.1, 0.15) is 16.8 Å². The number of rotatable bonds is 3. The summed E-state index contributed by atoms with van der Waals surface area (Å²) in [5.74, 6) is -3.25. The number of halogens is 3. The molecule has 1 amide bonds. The molecule has 21 heavy (non-hydrogen) atoms. The number of hydrogen-bond acceptors (Lipinski definition) is 4. The van der Waals surface area contributed by atoms with Gasteiger partial charge in [-0.3, -0.25) is 4.79 Å². The average molecular weight is 340 g/mol. The van der Waals surface area contributed by atoms with Crippen LogP contribution in [0, 0.1) is 11.6 Å². The maximum Gasteiger partial charge on any atom is 0.264 e.